The number of alkyl halides is 3. The fraction of sp³-hybridized carbons (Fsp3) is 0.667. The highest BCUT2D eigenvalue weighted by Crippen LogP contribution is 2.60. The van der Waals surface area contributed by atoms with Crippen molar-refractivity contribution in [2.24, 2.45) is 10.8 Å². The Bertz CT molecular complexity index is 1470. The number of benzene rings is 1. The summed E-state index contributed by atoms with van der Waals surface area (Å²) in [6.07, 6.45) is 4.80. The first-order chi connectivity index (χ1) is 19.7. The van der Waals surface area contributed by atoms with E-state index in [1.54, 1.807) is 12.1 Å². The smallest absolute Gasteiger partial charge is 0.376 e. The molecule has 1 fully saturated rings. The topological polar surface area (TPSA) is 74.7 Å². The Kier molecular flexibility index (Phi) is 8.04. The van der Waals surface area contributed by atoms with E-state index in [1.165, 1.54) is 17.7 Å². The molecule has 1 aromatic carbocycles. The summed E-state index contributed by atoms with van der Waals surface area (Å²) >= 11 is 0. The molecule has 2 aliphatic carbocycles. The summed E-state index contributed by atoms with van der Waals surface area (Å²) in [5.74, 6) is -0.312. The molecule has 1 aromatic heterocycles. The lowest BCUT2D eigenvalue weighted by molar-refractivity contribution is -0.0831. The second kappa shape index (κ2) is 10.7. The Balaban J connectivity index is 1.66. The van der Waals surface area contributed by atoms with Gasteiger partial charge >= 0.3 is 15.6 Å². The molecule has 6 nitrogen and oxygen atoms in total. The Morgan fingerprint density at radius 3 is 2.14 bits per heavy atom. The van der Waals surface area contributed by atoms with Crippen LogP contribution in [0.2, 0.25) is 0 Å². The van der Waals surface area contributed by atoms with Crippen LogP contribution in [0.25, 0.3) is 0 Å². The van der Waals surface area contributed by atoms with E-state index in [4.69, 9.17) is 14.5 Å². The van der Waals surface area contributed by atoms with E-state index in [9.17, 15) is 21.6 Å². The summed E-state index contributed by atoms with van der Waals surface area (Å²) in [6.45, 7) is 17.5. The molecular formula is C33H44F3NO5S. The number of ether oxygens (including phenoxy) is 2. The molecule has 2 aromatic rings. The van der Waals surface area contributed by atoms with Crippen molar-refractivity contribution >= 4 is 10.1 Å². The fourth-order valence-corrected chi connectivity index (χ4v) is 7.28. The molecule has 238 valence electrons. The van der Waals surface area contributed by atoms with Crippen LogP contribution in [0.4, 0.5) is 13.2 Å². The molecule has 1 aliphatic heterocycles. The highest BCUT2D eigenvalue weighted by atomic mass is 32.2. The molecule has 0 bridgehead atoms. The molecule has 0 N–H and O–H groups in total. The van der Waals surface area contributed by atoms with Gasteiger partial charge in [0.25, 0.3) is 0 Å². The maximum absolute atomic E-state index is 12.9. The SMILES string of the molecule is CC(C)c1nc2c(c3c1C(c1ccc(OS(=O)(=O)C(F)(F)F)cc1)OC31CCCC1)C(OC(C)C(C)(C)C)CC(C)(C)C2. The van der Waals surface area contributed by atoms with Crippen LogP contribution in [-0.2, 0) is 31.6 Å². The molecule has 43 heavy (non-hydrogen) atoms. The predicted molar refractivity (Wildman–Crippen MR) is 158 cm³/mol. The van der Waals surface area contributed by atoms with Crippen molar-refractivity contribution in [3.8, 4) is 5.75 Å². The van der Waals surface area contributed by atoms with Gasteiger partial charge < -0.3 is 13.7 Å². The van der Waals surface area contributed by atoms with E-state index >= 15 is 0 Å². The summed E-state index contributed by atoms with van der Waals surface area (Å²) in [5, 5.41) is 0. The number of hydrogen-bond acceptors (Lipinski definition) is 6. The van der Waals surface area contributed by atoms with E-state index in [0.29, 0.717) is 5.56 Å². The number of nitrogens with zero attached hydrogens (tertiary/aromatic N) is 1. The van der Waals surface area contributed by atoms with Gasteiger partial charge in [-0.2, -0.15) is 21.6 Å². The number of fused-ring (bicyclic) bond motifs is 4. The largest absolute Gasteiger partial charge is 0.534 e. The highest BCUT2D eigenvalue weighted by molar-refractivity contribution is 7.88. The number of hydrogen-bond donors (Lipinski definition) is 0. The van der Waals surface area contributed by atoms with Gasteiger partial charge in [-0.1, -0.05) is 73.4 Å². The minimum absolute atomic E-state index is 0.000951. The minimum atomic E-state index is -5.77. The molecule has 1 saturated carbocycles. The summed E-state index contributed by atoms with van der Waals surface area (Å²) in [5.41, 5.74) is 0.0151. The Hall–Kier alpha value is -2.17. The average molecular weight is 624 g/mol. The van der Waals surface area contributed by atoms with Crippen molar-refractivity contribution in [1.82, 2.24) is 4.98 Å². The number of halogens is 3. The molecule has 1 spiro atoms. The van der Waals surface area contributed by atoms with E-state index in [0.717, 1.165) is 61.0 Å². The van der Waals surface area contributed by atoms with Gasteiger partial charge in [-0.3, -0.25) is 4.98 Å². The third-order valence-corrected chi connectivity index (χ3v) is 10.3. The van der Waals surface area contributed by atoms with Crippen LogP contribution in [0.5, 0.6) is 5.75 Å². The maximum atomic E-state index is 12.9. The predicted octanol–water partition coefficient (Wildman–Crippen LogP) is 8.79. The van der Waals surface area contributed by atoms with Gasteiger partial charge in [0, 0.05) is 22.5 Å². The van der Waals surface area contributed by atoms with Gasteiger partial charge in [-0.05, 0) is 72.6 Å². The monoisotopic (exact) mass is 623 g/mol. The van der Waals surface area contributed by atoms with E-state index < -0.39 is 33.1 Å². The lowest BCUT2D eigenvalue weighted by atomic mass is 9.70. The van der Waals surface area contributed by atoms with Gasteiger partial charge in [-0.15, -0.1) is 0 Å². The maximum Gasteiger partial charge on any atom is 0.534 e. The molecule has 3 atom stereocenters. The number of aromatic nitrogens is 1. The number of pyridine rings is 1. The van der Waals surface area contributed by atoms with Crippen molar-refractivity contribution in [2.75, 3.05) is 0 Å². The van der Waals surface area contributed by atoms with E-state index in [-0.39, 0.29) is 29.0 Å². The molecule has 0 amide bonds. The summed E-state index contributed by atoms with van der Waals surface area (Å²) in [7, 11) is -5.77. The normalized spacial score (nSPS) is 23.8. The van der Waals surface area contributed by atoms with E-state index in [1.807, 2.05) is 0 Å². The zero-order valence-electron chi connectivity index (χ0n) is 26.4. The molecule has 10 heteroatoms. The van der Waals surface area contributed by atoms with Gasteiger partial charge in [-0.25, -0.2) is 0 Å². The second-order valence-corrected chi connectivity index (χ2v) is 16.3. The molecular weight excluding hydrogens is 579 g/mol. The van der Waals surface area contributed by atoms with Crippen molar-refractivity contribution in [2.45, 2.75) is 129 Å². The van der Waals surface area contributed by atoms with Gasteiger partial charge in [0.15, 0.2) is 0 Å². The van der Waals surface area contributed by atoms with Crippen LogP contribution < -0.4 is 4.18 Å². The lowest BCUT2D eigenvalue weighted by Gasteiger charge is -2.42. The van der Waals surface area contributed by atoms with Crippen molar-refractivity contribution in [3.63, 3.8) is 0 Å². The third kappa shape index (κ3) is 5.96. The van der Waals surface area contributed by atoms with E-state index in [2.05, 4.69) is 59.6 Å². The van der Waals surface area contributed by atoms with Crippen molar-refractivity contribution < 1.29 is 35.2 Å². The molecule has 2 heterocycles. The zero-order valence-corrected chi connectivity index (χ0v) is 27.2. The summed E-state index contributed by atoms with van der Waals surface area (Å²) < 4.78 is 80.2. The molecule has 3 unspecified atom stereocenters. The van der Waals surface area contributed by atoms with Gasteiger partial charge in [0.05, 0.1) is 17.8 Å². The molecule has 0 saturated heterocycles. The van der Waals surface area contributed by atoms with Gasteiger partial charge in [0.1, 0.15) is 11.9 Å². The summed E-state index contributed by atoms with van der Waals surface area (Å²) in [4.78, 5) is 5.33. The fourth-order valence-electron chi connectivity index (χ4n) is 6.82. The first kappa shape index (κ1) is 32.2. The van der Waals surface area contributed by atoms with Crippen LogP contribution in [0.3, 0.4) is 0 Å². The highest BCUT2D eigenvalue weighted by Gasteiger charge is 2.53. The summed E-state index contributed by atoms with van der Waals surface area (Å²) in [6, 6.07) is 5.68. The Labute approximate surface area is 253 Å². The molecule has 5 rings (SSSR count). The Morgan fingerprint density at radius 1 is 1.00 bits per heavy atom. The van der Waals surface area contributed by atoms with Crippen LogP contribution in [0.15, 0.2) is 24.3 Å². The van der Waals surface area contributed by atoms with Crippen LogP contribution >= 0.6 is 0 Å². The minimum Gasteiger partial charge on any atom is -0.376 e. The van der Waals surface area contributed by atoms with Crippen LogP contribution in [0.1, 0.15) is 139 Å². The van der Waals surface area contributed by atoms with Crippen molar-refractivity contribution in [3.05, 3.63) is 57.9 Å². The molecule has 0 radical (unpaired) electrons. The number of rotatable bonds is 6. The Morgan fingerprint density at radius 2 is 1.60 bits per heavy atom. The average Bonchev–Trinajstić information content (AvgIpc) is 3.47. The first-order valence-corrected chi connectivity index (χ1v) is 16.7. The van der Waals surface area contributed by atoms with Crippen LogP contribution in [-0.4, -0.2) is 25.0 Å². The quantitative estimate of drug-likeness (QED) is 0.237. The first-order valence-electron chi connectivity index (χ1n) is 15.3. The van der Waals surface area contributed by atoms with Gasteiger partial charge in [0.2, 0.25) is 0 Å². The third-order valence-electron chi connectivity index (χ3n) is 9.37. The van der Waals surface area contributed by atoms with Crippen molar-refractivity contribution in [1.29, 1.82) is 0 Å². The standard InChI is InChI=1S/C33H44F3NO5S/c1-19(2)28-26-27(25-23(37-28)17-31(7,8)18-24(25)40-20(3)30(4,5)6)32(15-9-10-16-32)41-29(26)21-11-13-22(14-12-21)42-43(38,39)33(34,35)36/h11-14,19-20,24,29H,9-10,15-18H2,1-8H3. The van der Waals surface area contributed by atoms with Crippen LogP contribution in [0, 0.1) is 10.8 Å². The second-order valence-electron chi connectivity index (χ2n) is 14.7. The lowest BCUT2D eigenvalue weighted by Crippen LogP contribution is -2.36. The molecule has 3 aliphatic rings. The zero-order chi connectivity index (χ0) is 31.8.